The molecule has 0 atom stereocenters. The van der Waals surface area contributed by atoms with Crippen molar-refractivity contribution >= 4 is 27.9 Å². The van der Waals surface area contributed by atoms with Gasteiger partial charge in [-0.2, -0.15) is 0 Å². The van der Waals surface area contributed by atoms with Crippen LogP contribution in [0.1, 0.15) is 11.3 Å². The first-order chi connectivity index (χ1) is 8.74. The van der Waals surface area contributed by atoms with E-state index >= 15 is 0 Å². The summed E-state index contributed by atoms with van der Waals surface area (Å²) in [7, 11) is 0. The third kappa shape index (κ3) is 3.89. The number of nitrogens with one attached hydrogen (secondary N) is 1. The van der Waals surface area contributed by atoms with Crippen LogP contribution in [0.15, 0.2) is 57.6 Å². The van der Waals surface area contributed by atoms with Crippen LogP contribution in [0, 0.1) is 0 Å². The number of hydrogen-bond acceptors (Lipinski definition) is 2. The Hall–Kier alpha value is -1.81. The first-order valence-electron chi connectivity index (χ1n) is 5.48. The minimum Gasteiger partial charge on any atom is -0.465 e. The van der Waals surface area contributed by atoms with Gasteiger partial charge in [-0.15, -0.1) is 0 Å². The average molecular weight is 306 g/mol. The van der Waals surface area contributed by atoms with Gasteiger partial charge in [0, 0.05) is 17.1 Å². The van der Waals surface area contributed by atoms with Crippen LogP contribution in [-0.4, -0.2) is 5.91 Å². The van der Waals surface area contributed by atoms with Crippen molar-refractivity contribution in [2.45, 2.75) is 6.54 Å². The van der Waals surface area contributed by atoms with Gasteiger partial charge in [0.05, 0.1) is 6.26 Å². The van der Waals surface area contributed by atoms with E-state index in [0.29, 0.717) is 12.3 Å². The minimum atomic E-state index is -0.144. The molecule has 0 aliphatic carbocycles. The lowest BCUT2D eigenvalue weighted by Gasteiger charge is -2.02. The molecule has 0 aliphatic rings. The van der Waals surface area contributed by atoms with E-state index in [0.717, 1.165) is 10.0 Å². The number of carbonyl (C=O) groups excluding carboxylic acids is 1. The molecular weight excluding hydrogens is 294 g/mol. The van der Waals surface area contributed by atoms with Crippen molar-refractivity contribution in [3.63, 3.8) is 0 Å². The second-order valence-electron chi connectivity index (χ2n) is 3.69. The van der Waals surface area contributed by atoms with Gasteiger partial charge in [-0.05, 0) is 35.9 Å². The highest BCUT2D eigenvalue weighted by Gasteiger charge is 1.97. The van der Waals surface area contributed by atoms with E-state index in [4.69, 9.17) is 4.42 Å². The van der Waals surface area contributed by atoms with Gasteiger partial charge in [0.15, 0.2) is 0 Å². The lowest BCUT2D eigenvalue weighted by molar-refractivity contribution is -0.116. The summed E-state index contributed by atoms with van der Waals surface area (Å²) in [4.78, 5) is 11.5. The molecule has 0 spiro atoms. The van der Waals surface area contributed by atoms with Gasteiger partial charge >= 0.3 is 0 Å². The first-order valence-corrected chi connectivity index (χ1v) is 6.27. The topological polar surface area (TPSA) is 42.2 Å². The summed E-state index contributed by atoms with van der Waals surface area (Å²) in [6, 6.07) is 11.4. The maximum Gasteiger partial charge on any atom is 0.244 e. The van der Waals surface area contributed by atoms with Crippen LogP contribution < -0.4 is 5.32 Å². The average Bonchev–Trinajstić information content (AvgIpc) is 2.89. The lowest BCUT2D eigenvalue weighted by atomic mass is 10.2. The van der Waals surface area contributed by atoms with E-state index in [1.54, 1.807) is 24.5 Å². The normalized spacial score (nSPS) is 10.7. The first kappa shape index (κ1) is 12.6. The van der Waals surface area contributed by atoms with Crippen molar-refractivity contribution in [1.29, 1.82) is 0 Å². The lowest BCUT2D eigenvalue weighted by Crippen LogP contribution is -2.20. The molecule has 1 heterocycles. The molecule has 18 heavy (non-hydrogen) atoms. The van der Waals surface area contributed by atoms with E-state index in [1.807, 2.05) is 24.3 Å². The van der Waals surface area contributed by atoms with E-state index in [1.165, 1.54) is 6.08 Å². The fraction of sp³-hybridized carbons (Fsp3) is 0.0714. The highest BCUT2D eigenvalue weighted by molar-refractivity contribution is 9.10. The van der Waals surface area contributed by atoms with Gasteiger partial charge in [-0.1, -0.05) is 28.1 Å². The highest BCUT2D eigenvalue weighted by Crippen LogP contribution is 2.10. The Labute approximate surface area is 114 Å². The second kappa shape index (κ2) is 6.21. The fourth-order valence-corrected chi connectivity index (χ4v) is 1.66. The zero-order valence-corrected chi connectivity index (χ0v) is 11.2. The monoisotopic (exact) mass is 305 g/mol. The quantitative estimate of drug-likeness (QED) is 0.880. The summed E-state index contributed by atoms with van der Waals surface area (Å²) in [6.07, 6.45) is 4.66. The summed E-state index contributed by atoms with van der Waals surface area (Å²) in [6.45, 7) is 0.509. The Morgan fingerprint density at radius 1 is 1.28 bits per heavy atom. The zero-order valence-electron chi connectivity index (χ0n) is 9.60. The van der Waals surface area contributed by atoms with Crippen LogP contribution in [0.25, 0.3) is 6.08 Å². The fourth-order valence-electron chi connectivity index (χ4n) is 1.39. The summed E-state index contributed by atoms with van der Waals surface area (Å²) in [5, 5.41) is 2.80. The molecule has 1 aromatic heterocycles. The van der Waals surface area contributed by atoms with Crippen LogP contribution in [0.5, 0.6) is 0 Å². The molecule has 0 fully saturated rings. The number of hydrogen-bond donors (Lipinski definition) is 1. The van der Waals surface area contributed by atoms with Crippen molar-refractivity contribution in [2.24, 2.45) is 0 Å². The summed E-state index contributed by atoms with van der Waals surface area (Å²) >= 11 is 3.36. The molecule has 1 aromatic carbocycles. The van der Waals surface area contributed by atoms with Crippen LogP contribution >= 0.6 is 15.9 Å². The summed E-state index contributed by atoms with van der Waals surface area (Å²) in [5.74, 6) is 0.517. The molecule has 0 radical (unpaired) electrons. The Morgan fingerprint density at radius 2 is 2.06 bits per heavy atom. The zero-order chi connectivity index (χ0) is 12.8. The number of halogens is 1. The molecule has 0 bridgehead atoms. The molecule has 0 aliphatic heterocycles. The molecule has 2 aromatic rings. The summed E-state index contributed by atoms with van der Waals surface area (Å²) < 4.78 is 6.11. The molecule has 0 unspecified atom stereocenters. The number of amides is 1. The van der Waals surface area contributed by atoms with E-state index < -0.39 is 0 Å². The third-order valence-corrected chi connectivity index (χ3v) is 2.85. The molecule has 0 saturated heterocycles. The standard InChI is InChI=1S/C14H12BrNO2/c15-12-5-3-11(4-6-12)10-16-14(17)8-7-13-2-1-9-18-13/h1-9H,10H2,(H,16,17). The van der Waals surface area contributed by atoms with Crippen molar-refractivity contribution < 1.29 is 9.21 Å². The van der Waals surface area contributed by atoms with Gasteiger partial charge in [0.1, 0.15) is 5.76 Å². The van der Waals surface area contributed by atoms with E-state index in [-0.39, 0.29) is 5.91 Å². The van der Waals surface area contributed by atoms with Crippen LogP contribution in [-0.2, 0) is 11.3 Å². The van der Waals surface area contributed by atoms with Crippen LogP contribution in [0.3, 0.4) is 0 Å². The van der Waals surface area contributed by atoms with Crippen molar-refractivity contribution in [1.82, 2.24) is 5.32 Å². The molecule has 1 amide bonds. The number of benzene rings is 1. The molecule has 0 saturated carbocycles. The predicted molar refractivity (Wildman–Crippen MR) is 73.7 cm³/mol. The molecule has 1 N–H and O–H groups in total. The van der Waals surface area contributed by atoms with Crippen LogP contribution in [0.2, 0.25) is 0 Å². The molecular formula is C14H12BrNO2. The highest BCUT2D eigenvalue weighted by atomic mass is 79.9. The number of carbonyl (C=O) groups is 1. The largest absolute Gasteiger partial charge is 0.465 e. The number of rotatable bonds is 4. The predicted octanol–water partition coefficient (Wildman–Crippen LogP) is 3.37. The number of furan rings is 1. The van der Waals surface area contributed by atoms with E-state index in [2.05, 4.69) is 21.2 Å². The molecule has 2 rings (SSSR count). The van der Waals surface area contributed by atoms with Crippen molar-refractivity contribution in [3.05, 3.63) is 64.5 Å². The smallest absolute Gasteiger partial charge is 0.244 e. The van der Waals surface area contributed by atoms with E-state index in [9.17, 15) is 4.79 Å². The Balaban J connectivity index is 1.83. The van der Waals surface area contributed by atoms with Gasteiger partial charge in [0.25, 0.3) is 0 Å². The van der Waals surface area contributed by atoms with Crippen molar-refractivity contribution in [2.75, 3.05) is 0 Å². The molecule has 92 valence electrons. The Bertz CT molecular complexity index is 529. The summed E-state index contributed by atoms with van der Waals surface area (Å²) in [5.41, 5.74) is 1.05. The van der Waals surface area contributed by atoms with Gasteiger partial charge < -0.3 is 9.73 Å². The van der Waals surface area contributed by atoms with Gasteiger partial charge in [0.2, 0.25) is 5.91 Å². The van der Waals surface area contributed by atoms with Crippen LogP contribution in [0.4, 0.5) is 0 Å². The molecule has 3 nitrogen and oxygen atoms in total. The SMILES string of the molecule is O=C(C=Cc1ccco1)NCc1ccc(Br)cc1. The maximum atomic E-state index is 11.5. The van der Waals surface area contributed by atoms with Gasteiger partial charge in [-0.25, -0.2) is 0 Å². The Morgan fingerprint density at radius 3 is 2.72 bits per heavy atom. The third-order valence-electron chi connectivity index (χ3n) is 2.32. The van der Waals surface area contributed by atoms with Crippen molar-refractivity contribution in [3.8, 4) is 0 Å². The van der Waals surface area contributed by atoms with Gasteiger partial charge in [-0.3, -0.25) is 4.79 Å². The second-order valence-corrected chi connectivity index (χ2v) is 4.61. The Kier molecular flexibility index (Phi) is 4.36. The minimum absolute atomic E-state index is 0.144. The maximum absolute atomic E-state index is 11.5. The molecule has 4 heteroatoms.